The molecule has 0 spiro atoms. The number of benzene rings is 2. The highest BCUT2D eigenvalue weighted by Crippen LogP contribution is 2.28. The van der Waals surface area contributed by atoms with Crippen molar-refractivity contribution >= 4 is 11.4 Å². The molecule has 0 aromatic heterocycles. The van der Waals surface area contributed by atoms with Crippen LogP contribution in [0.25, 0.3) is 0 Å². The molecule has 1 aliphatic rings. The molecular formula is C20H26N2O2. The van der Waals surface area contributed by atoms with Gasteiger partial charge >= 0.3 is 0 Å². The molecule has 0 saturated carbocycles. The fraction of sp³-hybridized carbons (Fsp3) is 0.400. The van der Waals surface area contributed by atoms with Crippen molar-refractivity contribution in [3.63, 3.8) is 0 Å². The zero-order chi connectivity index (χ0) is 16.8. The maximum absolute atomic E-state index is 5.86. The van der Waals surface area contributed by atoms with Gasteiger partial charge in [-0.05, 0) is 43.7 Å². The van der Waals surface area contributed by atoms with Gasteiger partial charge in [-0.2, -0.15) is 0 Å². The highest BCUT2D eigenvalue weighted by Gasteiger charge is 2.10. The zero-order valence-electron chi connectivity index (χ0n) is 14.5. The first-order valence-corrected chi connectivity index (χ1v) is 8.62. The summed E-state index contributed by atoms with van der Waals surface area (Å²) in [6, 6.07) is 16.7. The molecule has 1 heterocycles. The topological polar surface area (TPSA) is 33.7 Å². The van der Waals surface area contributed by atoms with Crippen LogP contribution in [0.5, 0.6) is 5.75 Å². The highest BCUT2D eigenvalue weighted by molar-refractivity contribution is 5.66. The molecule has 0 unspecified atom stereocenters. The number of rotatable bonds is 6. The van der Waals surface area contributed by atoms with Crippen molar-refractivity contribution in [1.29, 1.82) is 0 Å². The molecule has 1 aliphatic heterocycles. The van der Waals surface area contributed by atoms with Gasteiger partial charge in [-0.3, -0.25) is 4.90 Å². The molecule has 0 aliphatic carbocycles. The van der Waals surface area contributed by atoms with E-state index in [1.54, 1.807) is 0 Å². The van der Waals surface area contributed by atoms with Crippen LogP contribution in [0, 0.1) is 0 Å². The van der Waals surface area contributed by atoms with Crippen molar-refractivity contribution in [2.24, 2.45) is 0 Å². The standard InChI is InChI=1S/C20H26N2O2/c1-16(2)24-20-6-4-3-5-19(20)21-18-9-7-17(8-10-18)15-22-11-13-23-14-12-22/h3-10,16,21H,11-15H2,1-2H3. The van der Waals surface area contributed by atoms with Gasteiger partial charge in [0.25, 0.3) is 0 Å². The number of ether oxygens (including phenoxy) is 2. The Morgan fingerprint density at radius 3 is 2.46 bits per heavy atom. The minimum Gasteiger partial charge on any atom is -0.489 e. The van der Waals surface area contributed by atoms with Gasteiger partial charge in [0, 0.05) is 25.3 Å². The van der Waals surface area contributed by atoms with Crippen LogP contribution >= 0.6 is 0 Å². The summed E-state index contributed by atoms with van der Waals surface area (Å²) in [5, 5.41) is 3.45. The monoisotopic (exact) mass is 326 g/mol. The third-order valence-electron chi connectivity index (χ3n) is 3.99. The highest BCUT2D eigenvalue weighted by atomic mass is 16.5. The summed E-state index contributed by atoms with van der Waals surface area (Å²) >= 11 is 0. The van der Waals surface area contributed by atoms with Crippen molar-refractivity contribution in [2.75, 3.05) is 31.6 Å². The van der Waals surface area contributed by atoms with Gasteiger partial charge in [-0.15, -0.1) is 0 Å². The van der Waals surface area contributed by atoms with Crippen LogP contribution in [0.3, 0.4) is 0 Å². The Hall–Kier alpha value is -2.04. The van der Waals surface area contributed by atoms with Gasteiger partial charge in [0.2, 0.25) is 0 Å². The van der Waals surface area contributed by atoms with Gasteiger partial charge in [0.1, 0.15) is 5.75 Å². The molecule has 0 bridgehead atoms. The first-order valence-electron chi connectivity index (χ1n) is 8.62. The lowest BCUT2D eigenvalue weighted by Gasteiger charge is -2.26. The van der Waals surface area contributed by atoms with E-state index in [2.05, 4.69) is 34.5 Å². The minimum absolute atomic E-state index is 0.156. The molecule has 0 amide bonds. The average molecular weight is 326 g/mol. The number of morpholine rings is 1. The second kappa shape index (κ2) is 8.18. The van der Waals surface area contributed by atoms with Crippen LogP contribution in [0.1, 0.15) is 19.4 Å². The summed E-state index contributed by atoms with van der Waals surface area (Å²) in [5.41, 5.74) is 3.39. The summed E-state index contributed by atoms with van der Waals surface area (Å²) < 4.78 is 11.3. The van der Waals surface area contributed by atoms with E-state index in [1.165, 1.54) is 5.56 Å². The molecule has 0 atom stereocenters. The van der Waals surface area contributed by atoms with Crippen molar-refractivity contribution < 1.29 is 9.47 Å². The molecule has 1 saturated heterocycles. The maximum Gasteiger partial charge on any atom is 0.143 e. The van der Waals surface area contributed by atoms with Crippen molar-refractivity contribution in [2.45, 2.75) is 26.5 Å². The van der Waals surface area contributed by atoms with Crippen LogP contribution in [-0.4, -0.2) is 37.3 Å². The molecule has 1 fully saturated rings. The number of para-hydroxylation sites is 2. The Balaban J connectivity index is 1.64. The number of anilines is 2. The van der Waals surface area contributed by atoms with E-state index in [4.69, 9.17) is 9.47 Å². The summed E-state index contributed by atoms with van der Waals surface area (Å²) in [6.07, 6.45) is 0.156. The van der Waals surface area contributed by atoms with E-state index in [0.29, 0.717) is 0 Å². The van der Waals surface area contributed by atoms with Gasteiger partial charge in [-0.25, -0.2) is 0 Å². The number of nitrogens with one attached hydrogen (secondary N) is 1. The van der Waals surface area contributed by atoms with Gasteiger partial charge in [0.05, 0.1) is 25.0 Å². The average Bonchev–Trinajstić information content (AvgIpc) is 2.59. The quantitative estimate of drug-likeness (QED) is 0.868. The lowest BCUT2D eigenvalue weighted by Crippen LogP contribution is -2.35. The molecule has 3 rings (SSSR count). The third-order valence-corrected chi connectivity index (χ3v) is 3.99. The molecule has 4 nitrogen and oxygen atoms in total. The fourth-order valence-electron chi connectivity index (χ4n) is 2.79. The molecule has 1 N–H and O–H groups in total. The fourth-order valence-corrected chi connectivity index (χ4v) is 2.79. The first-order chi connectivity index (χ1) is 11.7. The normalized spacial score (nSPS) is 15.5. The smallest absolute Gasteiger partial charge is 0.143 e. The molecule has 0 radical (unpaired) electrons. The molecule has 4 heteroatoms. The van der Waals surface area contributed by atoms with Crippen molar-refractivity contribution in [3.05, 3.63) is 54.1 Å². The molecule has 2 aromatic carbocycles. The lowest BCUT2D eigenvalue weighted by molar-refractivity contribution is 0.0342. The summed E-state index contributed by atoms with van der Waals surface area (Å²) in [6.45, 7) is 8.77. The maximum atomic E-state index is 5.86. The summed E-state index contributed by atoms with van der Waals surface area (Å²) in [7, 11) is 0. The van der Waals surface area contributed by atoms with Crippen LogP contribution in [0.2, 0.25) is 0 Å². The predicted octanol–water partition coefficient (Wildman–Crippen LogP) is 4.05. The molecule has 128 valence electrons. The Labute approximate surface area is 144 Å². The minimum atomic E-state index is 0.156. The summed E-state index contributed by atoms with van der Waals surface area (Å²) in [5.74, 6) is 0.880. The Kier molecular flexibility index (Phi) is 5.72. The molecule has 2 aromatic rings. The Morgan fingerprint density at radius 1 is 1.04 bits per heavy atom. The third kappa shape index (κ3) is 4.73. The van der Waals surface area contributed by atoms with E-state index >= 15 is 0 Å². The Morgan fingerprint density at radius 2 is 1.75 bits per heavy atom. The largest absolute Gasteiger partial charge is 0.489 e. The number of hydrogen-bond acceptors (Lipinski definition) is 4. The van der Waals surface area contributed by atoms with Crippen molar-refractivity contribution in [1.82, 2.24) is 4.90 Å². The Bertz CT molecular complexity index is 634. The van der Waals surface area contributed by atoms with E-state index in [1.807, 2.05) is 38.1 Å². The SMILES string of the molecule is CC(C)Oc1ccccc1Nc1ccc(CN2CCOCC2)cc1. The first kappa shape index (κ1) is 16.8. The van der Waals surface area contributed by atoms with Crippen LogP contribution in [0.15, 0.2) is 48.5 Å². The van der Waals surface area contributed by atoms with Crippen LogP contribution in [0.4, 0.5) is 11.4 Å². The predicted molar refractivity (Wildman–Crippen MR) is 98.0 cm³/mol. The number of hydrogen-bond donors (Lipinski definition) is 1. The van der Waals surface area contributed by atoms with Gasteiger partial charge in [0.15, 0.2) is 0 Å². The van der Waals surface area contributed by atoms with E-state index in [-0.39, 0.29) is 6.10 Å². The van der Waals surface area contributed by atoms with Gasteiger partial charge in [-0.1, -0.05) is 24.3 Å². The molecule has 24 heavy (non-hydrogen) atoms. The molecular weight excluding hydrogens is 300 g/mol. The van der Waals surface area contributed by atoms with E-state index < -0.39 is 0 Å². The lowest BCUT2D eigenvalue weighted by atomic mass is 10.2. The second-order valence-corrected chi connectivity index (χ2v) is 6.37. The van der Waals surface area contributed by atoms with Crippen LogP contribution < -0.4 is 10.1 Å². The van der Waals surface area contributed by atoms with Gasteiger partial charge < -0.3 is 14.8 Å². The van der Waals surface area contributed by atoms with Crippen molar-refractivity contribution in [3.8, 4) is 5.75 Å². The van der Waals surface area contributed by atoms with E-state index in [0.717, 1.165) is 50.0 Å². The van der Waals surface area contributed by atoms with E-state index in [9.17, 15) is 0 Å². The summed E-state index contributed by atoms with van der Waals surface area (Å²) in [4.78, 5) is 2.43. The number of nitrogens with zero attached hydrogens (tertiary/aromatic N) is 1. The second-order valence-electron chi connectivity index (χ2n) is 6.37. The zero-order valence-corrected chi connectivity index (χ0v) is 14.5. The van der Waals surface area contributed by atoms with Crippen LogP contribution in [-0.2, 0) is 11.3 Å².